The summed E-state index contributed by atoms with van der Waals surface area (Å²) in [6, 6.07) is 12.1. The highest BCUT2D eigenvalue weighted by atomic mass is 32.2. The molecule has 2 aliphatic rings. The van der Waals surface area contributed by atoms with Gasteiger partial charge in [0, 0.05) is 12.6 Å². The molecule has 1 fully saturated rings. The van der Waals surface area contributed by atoms with Crippen molar-refractivity contribution >= 4 is 10.0 Å². The van der Waals surface area contributed by atoms with Gasteiger partial charge in [0.1, 0.15) is 5.75 Å². The highest BCUT2D eigenvalue weighted by molar-refractivity contribution is 7.89. The van der Waals surface area contributed by atoms with Crippen molar-refractivity contribution in [1.29, 1.82) is 0 Å². The molecule has 1 atom stereocenters. The number of hydrogen-bond donors (Lipinski definition) is 1. The summed E-state index contributed by atoms with van der Waals surface area (Å²) < 4.78 is 44.3. The van der Waals surface area contributed by atoms with Gasteiger partial charge in [0.25, 0.3) is 0 Å². The van der Waals surface area contributed by atoms with E-state index in [0.717, 1.165) is 37.2 Å². The molecule has 28 heavy (non-hydrogen) atoms. The molecule has 2 heterocycles. The zero-order chi connectivity index (χ0) is 19.6. The first-order chi connectivity index (χ1) is 13.6. The average Bonchev–Trinajstić information content (AvgIpc) is 3.40. The van der Waals surface area contributed by atoms with Crippen LogP contribution in [0.15, 0.2) is 47.4 Å². The van der Waals surface area contributed by atoms with Crippen molar-refractivity contribution < 1.29 is 22.6 Å². The van der Waals surface area contributed by atoms with Crippen molar-refractivity contribution in [1.82, 2.24) is 9.62 Å². The Kier molecular flexibility index (Phi) is 5.43. The highest BCUT2D eigenvalue weighted by Crippen LogP contribution is 2.36. The van der Waals surface area contributed by atoms with Crippen LogP contribution in [0, 0.1) is 0 Å². The van der Waals surface area contributed by atoms with Crippen LogP contribution in [0.5, 0.6) is 17.2 Å². The van der Waals surface area contributed by atoms with Crippen molar-refractivity contribution in [2.45, 2.75) is 23.8 Å². The second-order valence-corrected chi connectivity index (χ2v) is 8.67. The van der Waals surface area contributed by atoms with Gasteiger partial charge < -0.3 is 14.2 Å². The number of nitrogens with zero attached hydrogens (tertiary/aromatic N) is 1. The zero-order valence-corrected chi connectivity index (χ0v) is 16.6. The van der Waals surface area contributed by atoms with E-state index in [4.69, 9.17) is 14.2 Å². The largest absolute Gasteiger partial charge is 0.497 e. The SMILES string of the molecule is COc1ccc(S(=O)(=O)NC[C@H](c2ccc3c(c2)OCO3)N2CCCC2)cc1. The monoisotopic (exact) mass is 404 g/mol. The fourth-order valence-corrected chi connectivity index (χ4v) is 4.70. The van der Waals surface area contributed by atoms with E-state index in [9.17, 15) is 8.42 Å². The Morgan fingerprint density at radius 2 is 1.79 bits per heavy atom. The Labute approximate surface area is 165 Å². The molecule has 0 saturated carbocycles. The summed E-state index contributed by atoms with van der Waals surface area (Å²) in [5, 5.41) is 0. The second-order valence-electron chi connectivity index (χ2n) is 6.90. The number of benzene rings is 2. The van der Waals surface area contributed by atoms with Gasteiger partial charge >= 0.3 is 0 Å². The molecule has 1 saturated heterocycles. The van der Waals surface area contributed by atoms with Crippen molar-refractivity contribution in [2.75, 3.05) is 33.5 Å². The first-order valence-corrected chi connectivity index (χ1v) is 10.8. The van der Waals surface area contributed by atoms with Crippen LogP contribution >= 0.6 is 0 Å². The number of likely N-dealkylation sites (tertiary alicyclic amines) is 1. The molecule has 0 spiro atoms. The Morgan fingerprint density at radius 1 is 1.07 bits per heavy atom. The van der Waals surface area contributed by atoms with E-state index in [0.29, 0.717) is 11.5 Å². The van der Waals surface area contributed by atoms with Crippen molar-refractivity contribution in [3.63, 3.8) is 0 Å². The summed E-state index contributed by atoms with van der Waals surface area (Å²) >= 11 is 0. The molecule has 1 N–H and O–H groups in total. The van der Waals surface area contributed by atoms with Crippen molar-refractivity contribution in [3.05, 3.63) is 48.0 Å². The zero-order valence-electron chi connectivity index (χ0n) is 15.8. The summed E-state index contributed by atoms with van der Waals surface area (Å²) in [5.41, 5.74) is 1.02. The number of methoxy groups -OCH3 is 1. The fourth-order valence-electron chi connectivity index (χ4n) is 3.66. The van der Waals surface area contributed by atoms with Gasteiger partial charge in [-0.15, -0.1) is 0 Å². The third kappa shape index (κ3) is 3.94. The maximum atomic E-state index is 12.8. The van der Waals surface area contributed by atoms with Crippen LogP contribution in [-0.2, 0) is 10.0 Å². The first-order valence-electron chi connectivity index (χ1n) is 9.34. The smallest absolute Gasteiger partial charge is 0.240 e. The van der Waals surface area contributed by atoms with Crippen LogP contribution < -0.4 is 18.9 Å². The van der Waals surface area contributed by atoms with Crippen LogP contribution in [0.25, 0.3) is 0 Å². The predicted molar refractivity (Wildman–Crippen MR) is 104 cm³/mol. The molecule has 0 aromatic heterocycles. The molecule has 8 heteroatoms. The normalized spacial score (nSPS) is 17.6. The Hall–Kier alpha value is -2.29. The average molecular weight is 404 g/mol. The lowest BCUT2D eigenvalue weighted by Crippen LogP contribution is -2.36. The van der Waals surface area contributed by atoms with Crippen LogP contribution in [0.3, 0.4) is 0 Å². The molecule has 2 aliphatic heterocycles. The number of fused-ring (bicyclic) bond motifs is 1. The topological polar surface area (TPSA) is 77.1 Å². The van der Waals surface area contributed by atoms with Gasteiger partial charge in [-0.3, -0.25) is 4.90 Å². The molecule has 0 amide bonds. The third-order valence-electron chi connectivity index (χ3n) is 5.20. The third-order valence-corrected chi connectivity index (χ3v) is 6.64. The van der Waals surface area contributed by atoms with E-state index in [-0.39, 0.29) is 24.3 Å². The Morgan fingerprint density at radius 3 is 2.50 bits per heavy atom. The molecule has 4 rings (SSSR count). The minimum Gasteiger partial charge on any atom is -0.497 e. The summed E-state index contributed by atoms with van der Waals surface area (Å²) in [5.74, 6) is 2.05. The minimum absolute atomic E-state index is 0.0648. The molecule has 150 valence electrons. The molecule has 0 unspecified atom stereocenters. The van der Waals surface area contributed by atoms with E-state index in [1.807, 2.05) is 18.2 Å². The number of ether oxygens (including phenoxy) is 3. The van der Waals surface area contributed by atoms with Crippen molar-refractivity contribution in [3.8, 4) is 17.2 Å². The molecule has 0 aliphatic carbocycles. The van der Waals surface area contributed by atoms with E-state index < -0.39 is 10.0 Å². The van der Waals surface area contributed by atoms with Gasteiger partial charge in [-0.05, 0) is 67.9 Å². The molecule has 0 bridgehead atoms. The van der Waals surface area contributed by atoms with Gasteiger partial charge in [-0.2, -0.15) is 0 Å². The minimum atomic E-state index is -3.62. The number of nitrogens with one attached hydrogen (secondary N) is 1. The maximum Gasteiger partial charge on any atom is 0.240 e. The van der Waals surface area contributed by atoms with E-state index in [1.165, 1.54) is 0 Å². The molecule has 2 aromatic carbocycles. The van der Waals surface area contributed by atoms with Crippen LogP contribution in [-0.4, -0.2) is 46.9 Å². The molecule has 7 nitrogen and oxygen atoms in total. The van der Waals surface area contributed by atoms with Crippen LogP contribution in [0.4, 0.5) is 0 Å². The second kappa shape index (κ2) is 7.98. The summed E-state index contributed by atoms with van der Waals surface area (Å²) in [6.45, 7) is 2.40. The predicted octanol–water partition coefficient (Wildman–Crippen LogP) is 2.54. The molecule has 2 aromatic rings. The standard InChI is InChI=1S/C20H24N2O5S/c1-25-16-5-7-17(8-6-16)28(23,24)21-13-18(22-10-2-3-11-22)15-4-9-19-20(12-15)27-14-26-19/h4-9,12,18,21H,2-3,10-11,13-14H2,1H3/t18-/m1/s1. The van der Waals surface area contributed by atoms with Gasteiger partial charge in [0.2, 0.25) is 16.8 Å². The van der Waals surface area contributed by atoms with E-state index in [2.05, 4.69) is 9.62 Å². The van der Waals surface area contributed by atoms with Gasteiger partial charge in [0.15, 0.2) is 11.5 Å². The number of hydrogen-bond acceptors (Lipinski definition) is 6. The molecular weight excluding hydrogens is 380 g/mol. The Balaban J connectivity index is 1.54. The van der Waals surface area contributed by atoms with Crippen LogP contribution in [0.2, 0.25) is 0 Å². The lowest BCUT2D eigenvalue weighted by molar-refractivity contribution is 0.173. The van der Waals surface area contributed by atoms with E-state index >= 15 is 0 Å². The lowest BCUT2D eigenvalue weighted by atomic mass is 10.1. The van der Waals surface area contributed by atoms with Gasteiger partial charge in [-0.1, -0.05) is 6.07 Å². The number of sulfonamides is 1. The maximum absolute atomic E-state index is 12.8. The van der Waals surface area contributed by atoms with E-state index in [1.54, 1.807) is 31.4 Å². The van der Waals surface area contributed by atoms with Crippen molar-refractivity contribution in [2.24, 2.45) is 0 Å². The quantitative estimate of drug-likeness (QED) is 0.764. The summed E-state index contributed by atoms with van der Waals surface area (Å²) in [7, 11) is -2.07. The highest BCUT2D eigenvalue weighted by Gasteiger charge is 2.27. The van der Waals surface area contributed by atoms with Gasteiger partial charge in [0.05, 0.1) is 12.0 Å². The number of rotatable bonds is 7. The fraction of sp³-hybridized carbons (Fsp3) is 0.400. The Bertz CT molecular complexity index is 924. The molecular formula is C20H24N2O5S. The first kappa shape index (κ1) is 19.0. The summed E-state index contributed by atoms with van der Waals surface area (Å²) in [4.78, 5) is 2.54. The van der Waals surface area contributed by atoms with Gasteiger partial charge in [-0.25, -0.2) is 13.1 Å². The molecule has 0 radical (unpaired) electrons. The summed E-state index contributed by atoms with van der Waals surface area (Å²) in [6.07, 6.45) is 2.23. The lowest BCUT2D eigenvalue weighted by Gasteiger charge is -2.28. The van der Waals surface area contributed by atoms with Crippen LogP contribution in [0.1, 0.15) is 24.4 Å².